The number of aryl methyl sites for hydroxylation is 1. The van der Waals surface area contributed by atoms with E-state index in [-0.39, 0.29) is 16.6 Å². The molecule has 0 atom stereocenters. The Morgan fingerprint density at radius 1 is 1.16 bits per heavy atom. The molecule has 0 spiro atoms. The number of anilines is 1. The fourth-order valence-corrected chi connectivity index (χ4v) is 7.32. The van der Waals surface area contributed by atoms with Crippen LogP contribution in [0.5, 0.6) is 0 Å². The zero-order chi connectivity index (χ0) is 22.0. The van der Waals surface area contributed by atoms with Crippen molar-refractivity contribution in [3.8, 4) is 0 Å². The second-order valence-electron chi connectivity index (χ2n) is 7.56. The molecule has 11 heteroatoms. The lowest BCUT2D eigenvalue weighted by Gasteiger charge is -2.15. The van der Waals surface area contributed by atoms with Crippen LogP contribution in [0.2, 0.25) is 0 Å². The average Bonchev–Trinajstić information content (AvgIpc) is 3.40. The molecule has 2 aromatic heterocycles. The first-order valence-corrected chi connectivity index (χ1v) is 13.4. The molecular weight excluding hydrogens is 456 g/mol. The van der Waals surface area contributed by atoms with Gasteiger partial charge in [-0.2, -0.15) is 4.31 Å². The van der Waals surface area contributed by atoms with Gasteiger partial charge in [-0.3, -0.25) is 9.59 Å². The van der Waals surface area contributed by atoms with Crippen molar-refractivity contribution in [2.75, 3.05) is 24.2 Å². The number of thiophene rings is 1. The molecule has 1 aliphatic heterocycles. The largest absolute Gasteiger partial charge is 0.365 e. The van der Waals surface area contributed by atoms with E-state index in [2.05, 4.69) is 10.3 Å². The van der Waals surface area contributed by atoms with Gasteiger partial charge in [-0.15, -0.1) is 11.3 Å². The third-order valence-electron chi connectivity index (χ3n) is 5.43. The van der Waals surface area contributed by atoms with Gasteiger partial charge in [0.25, 0.3) is 5.91 Å². The molecule has 0 unspecified atom stereocenters. The normalized spacial score (nSPS) is 16.8. The SMILES string of the molecule is NC(=O)c1c(NC(=O)CSc2ccc(S(=O)(=O)N3CCCC3)cn2)sc2c1CCCC2. The fourth-order valence-electron chi connectivity index (χ4n) is 3.90. The number of amides is 2. The number of sulfonamides is 1. The van der Waals surface area contributed by atoms with E-state index in [0.29, 0.717) is 28.7 Å². The van der Waals surface area contributed by atoms with Gasteiger partial charge < -0.3 is 11.1 Å². The molecule has 2 aliphatic rings. The minimum Gasteiger partial charge on any atom is -0.365 e. The number of nitrogens with one attached hydrogen (secondary N) is 1. The summed E-state index contributed by atoms with van der Waals surface area (Å²) in [5, 5.41) is 3.89. The van der Waals surface area contributed by atoms with Crippen LogP contribution < -0.4 is 11.1 Å². The van der Waals surface area contributed by atoms with Crippen molar-refractivity contribution >= 4 is 49.9 Å². The first-order chi connectivity index (χ1) is 14.9. The zero-order valence-corrected chi connectivity index (χ0v) is 19.4. The standard InChI is InChI=1S/C20H24N4O4S3/c21-19(26)18-14-5-1-2-6-15(14)30-20(18)23-16(25)12-29-17-8-7-13(11-22-17)31(27,28)24-9-3-4-10-24/h7-8,11H,1-6,9-10,12H2,(H2,21,26)(H,23,25). The number of thioether (sulfide) groups is 1. The maximum absolute atomic E-state index is 12.6. The number of hydrogen-bond donors (Lipinski definition) is 2. The minimum atomic E-state index is -3.50. The van der Waals surface area contributed by atoms with Gasteiger partial charge in [0.2, 0.25) is 15.9 Å². The van der Waals surface area contributed by atoms with Crippen molar-refractivity contribution in [2.24, 2.45) is 5.73 Å². The maximum atomic E-state index is 12.6. The van der Waals surface area contributed by atoms with Gasteiger partial charge in [0.05, 0.1) is 16.3 Å². The topological polar surface area (TPSA) is 122 Å². The van der Waals surface area contributed by atoms with Crippen LogP contribution in [0.4, 0.5) is 5.00 Å². The van der Waals surface area contributed by atoms with E-state index >= 15 is 0 Å². The molecule has 2 aromatic rings. The van der Waals surface area contributed by atoms with Crippen LogP contribution >= 0.6 is 23.1 Å². The summed E-state index contributed by atoms with van der Waals surface area (Å²) in [6.45, 7) is 1.08. The summed E-state index contributed by atoms with van der Waals surface area (Å²) in [6, 6.07) is 3.14. The number of primary amides is 1. The van der Waals surface area contributed by atoms with Crippen LogP contribution in [0, 0.1) is 0 Å². The molecule has 1 fully saturated rings. The Balaban J connectivity index is 1.38. The smallest absolute Gasteiger partial charge is 0.251 e. The van der Waals surface area contributed by atoms with Crippen LogP contribution in [0.15, 0.2) is 28.3 Å². The third-order valence-corrected chi connectivity index (χ3v) is 9.47. The van der Waals surface area contributed by atoms with E-state index in [0.717, 1.165) is 49.0 Å². The monoisotopic (exact) mass is 480 g/mol. The highest BCUT2D eigenvalue weighted by Crippen LogP contribution is 2.38. The molecule has 3 N–H and O–H groups in total. The van der Waals surface area contributed by atoms with Crippen molar-refractivity contribution in [3.05, 3.63) is 34.3 Å². The number of nitrogens with two attached hydrogens (primary N) is 1. The van der Waals surface area contributed by atoms with E-state index in [4.69, 9.17) is 5.73 Å². The summed E-state index contributed by atoms with van der Waals surface area (Å²) in [6.07, 6.45) is 6.90. The summed E-state index contributed by atoms with van der Waals surface area (Å²) in [7, 11) is -3.50. The van der Waals surface area contributed by atoms with Crippen molar-refractivity contribution < 1.29 is 18.0 Å². The number of aromatic nitrogens is 1. The fraction of sp³-hybridized carbons (Fsp3) is 0.450. The lowest BCUT2D eigenvalue weighted by atomic mass is 9.95. The second-order valence-corrected chi connectivity index (χ2v) is 11.6. The number of carbonyl (C=O) groups is 2. The molecule has 0 saturated carbocycles. The predicted octanol–water partition coefficient (Wildman–Crippen LogP) is 2.64. The van der Waals surface area contributed by atoms with Crippen molar-refractivity contribution in [1.82, 2.24) is 9.29 Å². The summed E-state index contributed by atoms with van der Waals surface area (Å²) in [4.78, 5) is 29.9. The summed E-state index contributed by atoms with van der Waals surface area (Å²) in [5.74, 6) is -0.688. The van der Waals surface area contributed by atoms with Crippen molar-refractivity contribution in [2.45, 2.75) is 48.4 Å². The van der Waals surface area contributed by atoms with Crippen LogP contribution in [-0.4, -0.2) is 48.4 Å². The summed E-state index contributed by atoms with van der Waals surface area (Å²) in [5.41, 5.74) is 6.98. The average molecular weight is 481 g/mol. The molecule has 0 aromatic carbocycles. The van der Waals surface area contributed by atoms with E-state index in [1.165, 1.54) is 39.7 Å². The van der Waals surface area contributed by atoms with Crippen LogP contribution in [0.3, 0.4) is 0 Å². The number of carbonyl (C=O) groups excluding carboxylic acids is 2. The molecule has 31 heavy (non-hydrogen) atoms. The Morgan fingerprint density at radius 2 is 1.90 bits per heavy atom. The molecule has 0 bridgehead atoms. The summed E-state index contributed by atoms with van der Waals surface area (Å²) < 4.78 is 26.6. The van der Waals surface area contributed by atoms with E-state index < -0.39 is 15.9 Å². The number of pyridine rings is 1. The van der Waals surface area contributed by atoms with Gasteiger partial charge >= 0.3 is 0 Å². The minimum absolute atomic E-state index is 0.0893. The lowest BCUT2D eigenvalue weighted by Crippen LogP contribution is -2.27. The molecule has 0 radical (unpaired) electrons. The molecule has 3 heterocycles. The van der Waals surface area contributed by atoms with Crippen LogP contribution in [0.25, 0.3) is 0 Å². The van der Waals surface area contributed by atoms with Gasteiger partial charge in [0, 0.05) is 24.2 Å². The van der Waals surface area contributed by atoms with Gasteiger partial charge in [-0.1, -0.05) is 11.8 Å². The van der Waals surface area contributed by atoms with Crippen molar-refractivity contribution in [1.29, 1.82) is 0 Å². The second kappa shape index (κ2) is 9.27. The van der Waals surface area contributed by atoms with Crippen LogP contribution in [0.1, 0.15) is 46.5 Å². The molecule has 8 nitrogen and oxygen atoms in total. The van der Waals surface area contributed by atoms with Gasteiger partial charge in [-0.25, -0.2) is 13.4 Å². The molecule has 166 valence electrons. The number of rotatable bonds is 7. The highest BCUT2D eigenvalue weighted by molar-refractivity contribution is 7.99. The number of hydrogen-bond acceptors (Lipinski definition) is 7. The van der Waals surface area contributed by atoms with E-state index in [9.17, 15) is 18.0 Å². The molecule has 1 saturated heterocycles. The molecule has 2 amide bonds. The predicted molar refractivity (Wildman–Crippen MR) is 121 cm³/mol. The Morgan fingerprint density at radius 3 is 2.58 bits per heavy atom. The highest BCUT2D eigenvalue weighted by atomic mass is 32.2. The van der Waals surface area contributed by atoms with Crippen molar-refractivity contribution in [3.63, 3.8) is 0 Å². The van der Waals surface area contributed by atoms with E-state index in [1.54, 1.807) is 6.07 Å². The Bertz CT molecular complexity index is 1090. The van der Waals surface area contributed by atoms with Crippen LogP contribution in [-0.2, 0) is 27.7 Å². The molecule has 4 rings (SSSR count). The Hall–Kier alpha value is -1.95. The molecule has 1 aliphatic carbocycles. The highest BCUT2D eigenvalue weighted by Gasteiger charge is 2.28. The number of nitrogens with zero attached hydrogens (tertiary/aromatic N) is 2. The quantitative estimate of drug-likeness (QED) is 0.588. The summed E-state index contributed by atoms with van der Waals surface area (Å²) >= 11 is 2.63. The first-order valence-electron chi connectivity index (χ1n) is 10.2. The van der Waals surface area contributed by atoms with Gasteiger partial charge in [0.15, 0.2) is 0 Å². The lowest BCUT2D eigenvalue weighted by molar-refractivity contribution is -0.113. The third kappa shape index (κ3) is 4.79. The van der Waals surface area contributed by atoms with E-state index in [1.807, 2.05) is 0 Å². The van der Waals surface area contributed by atoms with Gasteiger partial charge in [-0.05, 0) is 56.2 Å². The van der Waals surface area contributed by atoms with Gasteiger partial charge in [0.1, 0.15) is 9.90 Å². The first kappa shape index (κ1) is 22.3. The molecular formula is C20H24N4O4S3. The zero-order valence-electron chi connectivity index (χ0n) is 16.9. The Labute approximate surface area is 189 Å². The number of fused-ring (bicyclic) bond motifs is 1. The Kier molecular flexibility index (Phi) is 6.65. The maximum Gasteiger partial charge on any atom is 0.251 e.